The van der Waals surface area contributed by atoms with Crippen LogP contribution in [0.5, 0.6) is 0 Å². The van der Waals surface area contributed by atoms with Gasteiger partial charge in [0.25, 0.3) is 0 Å². The van der Waals surface area contributed by atoms with E-state index in [1.54, 1.807) is 18.2 Å². The second kappa shape index (κ2) is 8.60. The zero-order chi connectivity index (χ0) is 21.3. The first-order chi connectivity index (χ1) is 14.3. The van der Waals surface area contributed by atoms with Crippen LogP contribution in [0.1, 0.15) is 5.89 Å². The Labute approximate surface area is 183 Å². The fourth-order valence-electron chi connectivity index (χ4n) is 3.17. The van der Waals surface area contributed by atoms with Gasteiger partial charge >= 0.3 is 0 Å². The van der Waals surface area contributed by atoms with Crippen molar-refractivity contribution in [2.24, 2.45) is 0 Å². The molecule has 0 radical (unpaired) electrons. The van der Waals surface area contributed by atoms with Crippen molar-refractivity contribution in [1.82, 2.24) is 19.3 Å². The van der Waals surface area contributed by atoms with E-state index in [2.05, 4.69) is 10.1 Å². The maximum atomic E-state index is 13.1. The summed E-state index contributed by atoms with van der Waals surface area (Å²) in [6.45, 7) is 1.96. The van der Waals surface area contributed by atoms with Crippen LogP contribution in [0.25, 0.3) is 11.4 Å². The standard InChI is InChI=1S/C19H17Cl2FN4O3S/c20-14-3-6-16(21)17(11-14)30(27,28)26-9-7-25(8-10-26)12-18-23-19(24-29-18)13-1-4-15(22)5-2-13/h1-6,11H,7-10,12H2. The van der Waals surface area contributed by atoms with Gasteiger partial charge in [-0.1, -0.05) is 28.4 Å². The number of hydrogen-bond donors (Lipinski definition) is 0. The smallest absolute Gasteiger partial charge is 0.244 e. The van der Waals surface area contributed by atoms with Crippen LogP contribution in [-0.2, 0) is 16.6 Å². The minimum Gasteiger partial charge on any atom is -0.338 e. The van der Waals surface area contributed by atoms with Gasteiger partial charge in [0, 0.05) is 36.8 Å². The quantitative estimate of drug-likeness (QED) is 0.565. The summed E-state index contributed by atoms with van der Waals surface area (Å²) in [5.41, 5.74) is 0.653. The topological polar surface area (TPSA) is 79.5 Å². The van der Waals surface area contributed by atoms with Gasteiger partial charge in [-0.15, -0.1) is 0 Å². The summed E-state index contributed by atoms with van der Waals surface area (Å²) in [5, 5.41) is 4.37. The van der Waals surface area contributed by atoms with Crippen molar-refractivity contribution in [2.45, 2.75) is 11.4 Å². The molecule has 1 aliphatic rings. The summed E-state index contributed by atoms with van der Waals surface area (Å²) in [4.78, 5) is 6.36. The molecule has 0 N–H and O–H groups in total. The first-order valence-corrected chi connectivity index (χ1v) is 11.3. The molecule has 0 atom stereocenters. The van der Waals surface area contributed by atoms with Gasteiger partial charge in [-0.2, -0.15) is 9.29 Å². The Morgan fingerprint density at radius 1 is 1.03 bits per heavy atom. The molecule has 4 rings (SSSR count). The van der Waals surface area contributed by atoms with Crippen LogP contribution < -0.4 is 0 Å². The number of piperazine rings is 1. The minimum absolute atomic E-state index is 0.00552. The summed E-state index contributed by atoms with van der Waals surface area (Å²) in [6.07, 6.45) is 0. The second-order valence-corrected chi connectivity index (χ2v) is 9.52. The van der Waals surface area contributed by atoms with E-state index in [1.807, 2.05) is 4.90 Å². The molecule has 0 bridgehead atoms. The predicted molar refractivity (Wildman–Crippen MR) is 110 cm³/mol. The molecule has 1 aliphatic heterocycles. The molecule has 3 aromatic rings. The molecule has 0 aliphatic carbocycles. The molecule has 30 heavy (non-hydrogen) atoms. The molecule has 11 heteroatoms. The Kier molecular flexibility index (Phi) is 6.08. The van der Waals surface area contributed by atoms with Gasteiger partial charge in [-0.05, 0) is 42.5 Å². The lowest BCUT2D eigenvalue weighted by Crippen LogP contribution is -2.48. The van der Waals surface area contributed by atoms with Crippen molar-refractivity contribution in [3.8, 4) is 11.4 Å². The molecular formula is C19H17Cl2FN4O3S. The van der Waals surface area contributed by atoms with Gasteiger partial charge in [0.1, 0.15) is 10.7 Å². The summed E-state index contributed by atoms with van der Waals surface area (Å²) in [6, 6.07) is 10.2. The van der Waals surface area contributed by atoms with Crippen LogP contribution in [-0.4, -0.2) is 53.9 Å². The molecule has 158 valence electrons. The van der Waals surface area contributed by atoms with Gasteiger partial charge in [0.2, 0.25) is 21.7 Å². The van der Waals surface area contributed by atoms with Gasteiger partial charge in [-0.25, -0.2) is 12.8 Å². The number of halogens is 3. The van der Waals surface area contributed by atoms with Crippen LogP contribution in [0.2, 0.25) is 10.0 Å². The highest BCUT2D eigenvalue weighted by Crippen LogP contribution is 2.28. The molecule has 1 fully saturated rings. The minimum atomic E-state index is -3.74. The summed E-state index contributed by atoms with van der Waals surface area (Å²) >= 11 is 12.0. The summed E-state index contributed by atoms with van der Waals surface area (Å²) < 4.78 is 45.5. The average molecular weight is 471 g/mol. The van der Waals surface area contributed by atoms with E-state index < -0.39 is 10.0 Å². The largest absolute Gasteiger partial charge is 0.338 e. The molecule has 7 nitrogen and oxygen atoms in total. The monoisotopic (exact) mass is 470 g/mol. The van der Waals surface area contributed by atoms with Crippen LogP contribution in [0.4, 0.5) is 4.39 Å². The fourth-order valence-corrected chi connectivity index (χ4v) is 5.33. The maximum absolute atomic E-state index is 13.1. The molecule has 1 saturated heterocycles. The molecule has 1 aromatic heterocycles. The Balaban J connectivity index is 1.39. The maximum Gasteiger partial charge on any atom is 0.244 e. The number of sulfonamides is 1. The molecule has 2 heterocycles. The number of aromatic nitrogens is 2. The first kappa shape index (κ1) is 21.2. The van der Waals surface area contributed by atoms with Gasteiger partial charge in [0.05, 0.1) is 11.6 Å². The van der Waals surface area contributed by atoms with Gasteiger partial charge in [-0.3, -0.25) is 4.90 Å². The van der Waals surface area contributed by atoms with E-state index >= 15 is 0 Å². The molecule has 2 aromatic carbocycles. The van der Waals surface area contributed by atoms with E-state index in [0.29, 0.717) is 55.0 Å². The van der Waals surface area contributed by atoms with E-state index in [4.69, 9.17) is 27.7 Å². The first-order valence-electron chi connectivity index (χ1n) is 9.09. The third-order valence-corrected chi connectivity index (χ3v) is 7.39. The molecule has 0 unspecified atom stereocenters. The Hall–Kier alpha value is -2.04. The van der Waals surface area contributed by atoms with Crippen LogP contribution >= 0.6 is 23.2 Å². The number of rotatable bonds is 5. The van der Waals surface area contributed by atoms with E-state index in [0.717, 1.165) is 0 Å². The van der Waals surface area contributed by atoms with Crippen LogP contribution in [0.15, 0.2) is 51.9 Å². The third kappa shape index (κ3) is 4.50. The summed E-state index contributed by atoms with van der Waals surface area (Å²) in [5.74, 6) is 0.444. The highest BCUT2D eigenvalue weighted by atomic mass is 35.5. The molecule has 0 spiro atoms. The van der Waals surface area contributed by atoms with E-state index in [-0.39, 0.29) is 15.7 Å². The lowest BCUT2D eigenvalue weighted by molar-refractivity contribution is 0.163. The van der Waals surface area contributed by atoms with Gasteiger partial charge in [0.15, 0.2) is 0 Å². The van der Waals surface area contributed by atoms with Crippen LogP contribution in [0, 0.1) is 5.82 Å². The van der Waals surface area contributed by atoms with Crippen molar-refractivity contribution in [3.63, 3.8) is 0 Å². The van der Waals surface area contributed by atoms with Crippen LogP contribution in [0.3, 0.4) is 0 Å². The summed E-state index contributed by atoms with van der Waals surface area (Å²) in [7, 11) is -3.74. The zero-order valence-electron chi connectivity index (χ0n) is 15.6. The van der Waals surface area contributed by atoms with E-state index in [1.165, 1.54) is 28.6 Å². The highest BCUT2D eigenvalue weighted by molar-refractivity contribution is 7.89. The van der Waals surface area contributed by atoms with Gasteiger partial charge < -0.3 is 4.52 Å². The van der Waals surface area contributed by atoms with E-state index in [9.17, 15) is 12.8 Å². The predicted octanol–water partition coefficient (Wildman–Crippen LogP) is 3.69. The lowest BCUT2D eigenvalue weighted by atomic mass is 10.2. The number of hydrogen-bond acceptors (Lipinski definition) is 6. The number of benzene rings is 2. The lowest BCUT2D eigenvalue weighted by Gasteiger charge is -2.33. The van der Waals surface area contributed by atoms with Crippen molar-refractivity contribution in [3.05, 3.63) is 64.2 Å². The SMILES string of the molecule is O=S(=O)(c1cc(Cl)ccc1Cl)N1CCN(Cc2nc(-c3ccc(F)cc3)no2)CC1. The second-order valence-electron chi connectivity index (χ2n) is 6.77. The Morgan fingerprint density at radius 3 is 2.43 bits per heavy atom. The third-order valence-electron chi connectivity index (χ3n) is 4.77. The van der Waals surface area contributed by atoms with Crippen molar-refractivity contribution in [1.29, 1.82) is 0 Å². The van der Waals surface area contributed by atoms with Crippen molar-refractivity contribution < 1.29 is 17.3 Å². The molecular weight excluding hydrogens is 454 g/mol. The normalized spacial score (nSPS) is 16.1. The number of nitrogens with zero attached hydrogens (tertiary/aromatic N) is 4. The highest BCUT2D eigenvalue weighted by Gasteiger charge is 2.30. The molecule has 0 amide bonds. The molecule has 0 saturated carbocycles. The Morgan fingerprint density at radius 2 is 1.73 bits per heavy atom. The average Bonchev–Trinajstić information content (AvgIpc) is 3.19. The Bertz CT molecular complexity index is 1150. The van der Waals surface area contributed by atoms with Crippen molar-refractivity contribution in [2.75, 3.05) is 26.2 Å². The zero-order valence-corrected chi connectivity index (χ0v) is 18.0. The van der Waals surface area contributed by atoms with Crippen molar-refractivity contribution >= 4 is 33.2 Å². The fraction of sp³-hybridized carbons (Fsp3) is 0.263.